The van der Waals surface area contributed by atoms with Crippen molar-refractivity contribution < 1.29 is 19.4 Å². The molecule has 1 saturated heterocycles. The van der Waals surface area contributed by atoms with Crippen molar-refractivity contribution in [3.05, 3.63) is 52.9 Å². The number of likely N-dealkylation sites (tertiary alicyclic amines) is 1. The van der Waals surface area contributed by atoms with Crippen molar-refractivity contribution in [2.45, 2.75) is 58.0 Å². The third kappa shape index (κ3) is 7.87. The van der Waals surface area contributed by atoms with Gasteiger partial charge in [0.2, 0.25) is 0 Å². The molecule has 1 aliphatic heterocycles. The highest BCUT2D eigenvalue weighted by Gasteiger charge is 2.29. The monoisotopic (exact) mass is 488 g/mol. The number of carboxylic acids is 1. The summed E-state index contributed by atoms with van der Waals surface area (Å²) in [4.78, 5) is 36.6. The lowest BCUT2D eigenvalue weighted by Crippen LogP contribution is -2.42. The maximum absolute atomic E-state index is 12.5. The molecule has 1 aromatic carbocycles. The van der Waals surface area contributed by atoms with Gasteiger partial charge in [-0.15, -0.1) is 0 Å². The van der Waals surface area contributed by atoms with Crippen LogP contribution in [0.2, 0.25) is 5.02 Å². The second-order valence-corrected chi connectivity index (χ2v) is 10.0. The fourth-order valence-corrected chi connectivity index (χ4v) is 4.12. The van der Waals surface area contributed by atoms with Gasteiger partial charge in [0.15, 0.2) is 0 Å². The van der Waals surface area contributed by atoms with E-state index in [2.05, 4.69) is 4.98 Å². The van der Waals surface area contributed by atoms with Gasteiger partial charge in [-0.25, -0.2) is 9.78 Å². The van der Waals surface area contributed by atoms with Gasteiger partial charge in [0.05, 0.1) is 11.9 Å². The summed E-state index contributed by atoms with van der Waals surface area (Å²) < 4.78 is 5.52. The number of aromatic nitrogens is 2. The lowest BCUT2D eigenvalue weighted by atomic mass is 9.95. The maximum Gasteiger partial charge on any atom is 0.410 e. The zero-order chi connectivity index (χ0) is 24.7. The molecule has 0 radical (unpaired) electrons. The van der Waals surface area contributed by atoms with E-state index >= 15 is 0 Å². The zero-order valence-corrected chi connectivity index (χ0v) is 20.8. The molecule has 0 aliphatic carbocycles. The van der Waals surface area contributed by atoms with Crippen LogP contribution in [0.5, 0.6) is 0 Å². The number of rotatable bonds is 8. The van der Waals surface area contributed by atoms with E-state index in [1.807, 2.05) is 45.0 Å². The van der Waals surface area contributed by atoms with Gasteiger partial charge in [0.1, 0.15) is 18.0 Å². The molecule has 34 heavy (non-hydrogen) atoms. The molecule has 1 unspecified atom stereocenters. The minimum absolute atomic E-state index is 0.0227. The number of aryl methyl sites for hydroxylation is 1. The number of piperidine rings is 1. The molecular weight excluding hydrogens is 456 g/mol. The average Bonchev–Trinajstić information content (AvgIpc) is 2.78. The summed E-state index contributed by atoms with van der Waals surface area (Å²) in [6, 6.07) is 7.66. The zero-order valence-electron chi connectivity index (χ0n) is 20.0. The van der Waals surface area contributed by atoms with Crippen LogP contribution in [0.1, 0.15) is 57.2 Å². The predicted octanol–water partition coefficient (Wildman–Crippen LogP) is 4.77. The highest BCUT2D eigenvalue weighted by Crippen LogP contribution is 2.27. The predicted molar refractivity (Wildman–Crippen MR) is 131 cm³/mol. The van der Waals surface area contributed by atoms with Crippen LogP contribution in [0.15, 0.2) is 36.7 Å². The highest BCUT2D eigenvalue weighted by atomic mass is 35.5. The first-order valence-corrected chi connectivity index (χ1v) is 12.0. The van der Waals surface area contributed by atoms with Gasteiger partial charge in [-0.05, 0) is 64.2 Å². The Balaban J connectivity index is 1.67. The molecule has 8 nitrogen and oxygen atoms in total. The SMILES string of the molecule is CC(C)(C)OC(=O)N1CCCC(c2cncc(N(CCCc3ccc(Cl)cc3)CC(=O)O)n2)C1. The summed E-state index contributed by atoms with van der Waals surface area (Å²) >= 11 is 5.95. The summed E-state index contributed by atoms with van der Waals surface area (Å²) in [5.41, 5.74) is 1.36. The minimum atomic E-state index is -0.924. The van der Waals surface area contributed by atoms with Crippen LogP contribution < -0.4 is 4.90 Å². The summed E-state index contributed by atoms with van der Waals surface area (Å²) in [7, 11) is 0. The van der Waals surface area contributed by atoms with E-state index in [4.69, 9.17) is 21.3 Å². The number of ether oxygens (including phenoxy) is 1. The van der Waals surface area contributed by atoms with Crippen molar-refractivity contribution in [1.29, 1.82) is 0 Å². The standard InChI is InChI=1S/C25H33ClN4O4/c1-25(2,3)34-24(33)30-13-5-7-19(16-30)21-14-27-15-22(28-21)29(17-23(31)32)12-4-6-18-8-10-20(26)11-9-18/h8-11,14-15,19H,4-7,12-13,16-17H2,1-3H3,(H,31,32). The van der Waals surface area contributed by atoms with E-state index in [9.17, 15) is 14.7 Å². The molecular formula is C25H33ClN4O4. The Morgan fingerprint density at radius 2 is 1.97 bits per heavy atom. The molecule has 2 aromatic rings. The lowest BCUT2D eigenvalue weighted by Gasteiger charge is -2.34. The molecule has 0 saturated carbocycles. The van der Waals surface area contributed by atoms with Crippen LogP contribution in [-0.2, 0) is 16.0 Å². The number of carbonyl (C=O) groups is 2. The Labute approximate surface area is 205 Å². The second-order valence-electron chi connectivity index (χ2n) is 9.61. The van der Waals surface area contributed by atoms with E-state index in [1.165, 1.54) is 0 Å². The van der Waals surface area contributed by atoms with Crippen LogP contribution in [0, 0.1) is 0 Å². The minimum Gasteiger partial charge on any atom is -0.480 e. The van der Waals surface area contributed by atoms with Gasteiger partial charge < -0.3 is 19.6 Å². The highest BCUT2D eigenvalue weighted by molar-refractivity contribution is 6.30. The Bertz CT molecular complexity index is 978. The maximum atomic E-state index is 12.5. The first-order chi connectivity index (χ1) is 16.1. The number of hydrogen-bond donors (Lipinski definition) is 1. The first-order valence-electron chi connectivity index (χ1n) is 11.6. The number of amides is 1. The molecule has 1 fully saturated rings. The van der Waals surface area contributed by atoms with Crippen LogP contribution in [-0.4, -0.2) is 63.8 Å². The van der Waals surface area contributed by atoms with E-state index < -0.39 is 11.6 Å². The molecule has 1 aromatic heterocycles. The number of nitrogens with zero attached hydrogens (tertiary/aromatic N) is 4. The van der Waals surface area contributed by atoms with Crippen molar-refractivity contribution in [3.8, 4) is 0 Å². The molecule has 3 rings (SSSR count). The molecule has 184 valence electrons. The first kappa shape index (κ1) is 25.7. The number of benzene rings is 1. The molecule has 0 spiro atoms. The summed E-state index contributed by atoms with van der Waals surface area (Å²) in [6.07, 6.45) is 6.27. The Morgan fingerprint density at radius 1 is 1.24 bits per heavy atom. The van der Waals surface area contributed by atoms with E-state index in [0.717, 1.165) is 36.9 Å². The number of halogens is 1. The Morgan fingerprint density at radius 3 is 2.65 bits per heavy atom. The van der Waals surface area contributed by atoms with Gasteiger partial charge in [0.25, 0.3) is 0 Å². The number of aliphatic carboxylic acids is 1. The van der Waals surface area contributed by atoms with E-state index in [-0.39, 0.29) is 18.6 Å². The van der Waals surface area contributed by atoms with Crippen molar-refractivity contribution in [2.24, 2.45) is 0 Å². The van der Waals surface area contributed by atoms with Crippen molar-refractivity contribution in [2.75, 3.05) is 31.1 Å². The average molecular weight is 489 g/mol. The molecule has 1 N–H and O–H groups in total. The van der Waals surface area contributed by atoms with Gasteiger partial charge in [-0.2, -0.15) is 0 Å². The second kappa shape index (κ2) is 11.5. The Hall–Kier alpha value is -2.87. The number of hydrogen-bond acceptors (Lipinski definition) is 6. The van der Waals surface area contributed by atoms with Crippen LogP contribution in [0.4, 0.5) is 10.6 Å². The van der Waals surface area contributed by atoms with Gasteiger partial charge in [0, 0.05) is 36.8 Å². The van der Waals surface area contributed by atoms with Crippen LogP contribution in [0.3, 0.4) is 0 Å². The molecule has 1 aliphatic rings. The topological polar surface area (TPSA) is 95.9 Å². The van der Waals surface area contributed by atoms with Crippen molar-refractivity contribution >= 4 is 29.5 Å². The summed E-state index contributed by atoms with van der Waals surface area (Å²) in [5.74, 6) is -0.368. The summed E-state index contributed by atoms with van der Waals surface area (Å²) in [6.45, 7) is 7.08. The van der Waals surface area contributed by atoms with Crippen molar-refractivity contribution in [1.82, 2.24) is 14.9 Å². The van der Waals surface area contributed by atoms with Gasteiger partial charge >= 0.3 is 12.1 Å². The fraction of sp³-hybridized carbons (Fsp3) is 0.520. The molecule has 1 amide bonds. The summed E-state index contributed by atoms with van der Waals surface area (Å²) in [5, 5.41) is 10.1. The van der Waals surface area contributed by atoms with Crippen LogP contribution in [0.25, 0.3) is 0 Å². The van der Waals surface area contributed by atoms with Gasteiger partial charge in [-0.3, -0.25) is 9.78 Å². The molecule has 1 atom stereocenters. The fourth-order valence-electron chi connectivity index (χ4n) is 3.99. The molecule has 9 heteroatoms. The van der Waals surface area contributed by atoms with E-state index in [1.54, 1.807) is 22.2 Å². The van der Waals surface area contributed by atoms with Gasteiger partial charge in [-0.1, -0.05) is 23.7 Å². The molecule has 2 heterocycles. The normalized spacial score (nSPS) is 16.2. The van der Waals surface area contributed by atoms with Crippen molar-refractivity contribution in [3.63, 3.8) is 0 Å². The number of carbonyl (C=O) groups excluding carboxylic acids is 1. The lowest BCUT2D eigenvalue weighted by molar-refractivity contribution is -0.135. The molecule has 0 bridgehead atoms. The third-order valence-electron chi connectivity index (χ3n) is 5.59. The number of anilines is 1. The smallest absolute Gasteiger partial charge is 0.410 e. The van der Waals surface area contributed by atoms with Crippen LogP contribution >= 0.6 is 11.6 Å². The quantitative estimate of drug-likeness (QED) is 0.571. The number of carboxylic acid groups (broad SMARTS) is 1. The van der Waals surface area contributed by atoms with E-state index in [0.29, 0.717) is 30.5 Å². The largest absolute Gasteiger partial charge is 0.480 e. The third-order valence-corrected chi connectivity index (χ3v) is 5.84. The Kier molecular flexibility index (Phi) is 8.72.